The van der Waals surface area contributed by atoms with Gasteiger partial charge in [0.1, 0.15) is 5.82 Å². The highest BCUT2D eigenvalue weighted by atomic mass is 19.1. The van der Waals surface area contributed by atoms with E-state index in [2.05, 4.69) is 0 Å². The molecule has 1 aromatic carbocycles. The second-order valence-electron chi connectivity index (χ2n) is 3.07. The average Bonchev–Trinajstić information content (AvgIpc) is 2.10. The molecule has 0 saturated heterocycles. The summed E-state index contributed by atoms with van der Waals surface area (Å²) in [6.45, 7) is 1.88. The third kappa shape index (κ3) is 3.01. The number of aryl methyl sites for hydroxylation is 1. The Morgan fingerprint density at radius 1 is 1.57 bits per heavy atom. The second kappa shape index (κ2) is 4.56. The Labute approximate surface area is 82.2 Å². The van der Waals surface area contributed by atoms with Crippen LogP contribution in [0.3, 0.4) is 0 Å². The summed E-state index contributed by atoms with van der Waals surface area (Å²) in [7, 11) is 0. The van der Waals surface area contributed by atoms with Crippen LogP contribution in [0.2, 0.25) is 0 Å². The average molecular weight is 193 g/mol. The predicted molar refractivity (Wildman–Crippen MR) is 54.0 cm³/mol. The van der Waals surface area contributed by atoms with Gasteiger partial charge in [-0.05, 0) is 30.2 Å². The van der Waals surface area contributed by atoms with Crippen LogP contribution in [0.5, 0.6) is 0 Å². The standard InChI is InChI=1S/C11H12FNO/c1-8-5-6-10(12)7-9(8)3-2-4-11(13)14/h2-3,5-7H,4H2,1H3,(H2,13,14). The van der Waals surface area contributed by atoms with Crippen LogP contribution in [0.1, 0.15) is 17.5 Å². The van der Waals surface area contributed by atoms with E-state index in [1.54, 1.807) is 18.2 Å². The molecule has 0 atom stereocenters. The number of amides is 1. The van der Waals surface area contributed by atoms with E-state index >= 15 is 0 Å². The van der Waals surface area contributed by atoms with E-state index in [1.807, 2.05) is 6.92 Å². The van der Waals surface area contributed by atoms with Crippen LogP contribution in [0, 0.1) is 12.7 Å². The van der Waals surface area contributed by atoms with Crippen LogP contribution in [0.15, 0.2) is 24.3 Å². The molecule has 0 bridgehead atoms. The van der Waals surface area contributed by atoms with E-state index in [9.17, 15) is 9.18 Å². The number of carbonyl (C=O) groups excluding carboxylic acids is 1. The molecule has 0 spiro atoms. The lowest BCUT2D eigenvalue weighted by atomic mass is 10.1. The van der Waals surface area contributed by atoms with Crippen molar-refractivity contribution in [2.24, 2.45) is 5.73 Å². The van der Waals surface area contributed by atoms with Crippen LogP contribution in [0.25, 0.3) is 6.08 Å². The van der Waals surface area contributed by atoms with Gasteiger partial charge in [-0.2, -0.15) is 0 Å². The Balaban J connectivity index is 2.80. The zero-order valence-corrected chi connectivity index (χ0v) is 7.96. The summed E-state index contributed by atoms with van der Waals surface area (Å²) in [6, 6.07) is 4.52. The Morgan fingerprint density at radius 3 is 2.93 bits per heavy atom. The molecule has 1 amide bonds. The molecule has 0 aliphatic carbocycles. The third-order valence-corrected chi connectivity index (χ3v) is 1.86. The maximum absolute atomic E-state index is 12.8. The SMILES string of the molecule is Cc1ccc(F)cc1C=CCC(N)=O. The minimum absolute atomic E-state index is 0.177. The van der Waals surface area contributed by atoms with Gasteiger partial charge in [-0.25, -0.2) is 4.39 Å². The first-order chi connectivity index (χ1) is 6.59. The van der Waals surface area contributed by atoms with Gasteiger partial charge < -0.3 is 5.73 Å². The smallest absolute Gasteiger partial charge is 0.221 e. The van der Waals surface area contributed by atoms with Crippen molar-refractivity contribution in [2.45, 2.75) is 13.3 Å². The van der Waals surface area contributed by atoms with Crippen molar-refractivity contribution in [1.29, 1.82) is 0 Å². The fourth-order valence-corrected chi connectivity index (χ4v) is 1.09. The molecule has 0 heterocycles. The first kappa shape index (κ1) is 10.4. The van der Waals surface area contributed by atoms with E-state index in [-0.39, 0.29) is 12.2 Å². The van der Waals surface area contributed by atoms with Crippen molar-refractivity contribution in [3.05, 3.63) is 41.2 Å². The van der Waals surface area contributed by atoms with Gasteiger partial charge in [0.05, 0.1) is 0 Å². The quantitative estimate of drug-likeness (QED) is 0.784. The minimum atomic E-state index is -0.393. The normalized spacial score (nSPS) is 10.7. The Kier molecular flexibility index (Phi) is 3.40. The molecule has 0 aliphatic rings. The zero-order valence-electron chi connectivity index (χ0n) is 7.96. The van der Waals surface area contributed by atoms with Gasteiger partial charge in [-0.15, -0.1) is 0 Å². The lowest BCUT2D eigenvalue weighted by Crippen LogP contribution is -2.07. The van der Waals surface area contributed by atoms with Crippen molar-refractivity contribution >= 4 is 12.0 Å². The number of rotatable bonds is 3. The first-order valence-corrected chi connectivity index (χ1v) is 4.30. The van der Waals surface area contributed by atoms with E-state index in [1.165, 1.54) is 12.1 Å². The van der Waals surface area contributed by atoms with E-state index in [4.69, 9.17) is 5.73 Å². The molecule has 1 rings (SSSR count). The summed E-state index contributed by atoms with van der Waals surface area (Å²) in [5.41, 5.74) is 6.69. The Hall–Kier alpha value is -1.64. The fraction of sp³-hybridized carbons (Fsp3) is 0.182. The van der Waals surface area contributed by atoms with Gasteiger partial charge in [0.25, 0.3) is 0 Å². The molecule has 0 unspecified atom stereocenters. The van der Waals surface area contributed by atoms with E-state index in [0.717, 1.165) is 11.1 Å². The molecular weight excluding hydrogens is 181 g/mol. The van der Waals surface area contributed by atoms with Crippen molar-refractivity contribution in [2.75, 3.05) is 0 Å². The Bertz CT molecular complexity index is 372. The van der Waals surface area contributed by atoms with Gasteiger partial charge in [0.15, 0.2) is 0 Å². The highest BCUT2D eigenvalue weighted by molar-refractivity contribution is 5.76. The molecule has 0 fully saturated rings. The number of hydrogen-bond donors (Lipinski definition) is 1. The monoisotopic (exact) mass is 193 g/mol. The molecule has 3 heteroatoms. The molecule has 0 aromatic heterocycles. The summed E-state index contributed by atoms with van der Waals surface area (Å²) >= 11 is 0. The van der Waals surface area contributed by atoms with Crippen molar-refractivity contribution in [3.63, 3.8) is 0 Å². The zero-order chi connectivity index (χ0) is 10.6. The molecule has 0 aliphatic heterocycles. The van der Waals surface area contributed by atoms with Crippen molar-refractivity contribution < 1.29 is 9.18 Å². The van der Waals surface area contributed by atoms with Gasteiger partial charge >= 0.3 is 0 Å². The number of nitrogens with two attached hydrogens (primary N) is 1. The molecule has 74 valence electrons. The van der Waals surface area contributed by atoms with E-state index in [0.29, 0.717) is 0 Å². The molecule has 2 nitrogen and oxygen atoms in total. The minimum Gasteiger partial charge on any atom is -0.369 e. The number of primary amides is 1. The van der Waals surface area contributed by atoms with Crippen molar-refractivity contribution in [1.82, 2.24) is 0 Å². The Morgan fingerprint density at radius 2 is 2.29 bits per heavy atom. The summed E-state index contributed by atoms with van der Waals surface area (Å²) < 4.78 is 12.8. The number of carbonyl (C=O) groups is 1. The molecule has 0 saturated carbocycles. The van der Waals surface area contributed by atoms with Gasteiger partial charge in [-0.1, -0.05) is 18.2 Å². The van der Waals surface area contributed by atoms with Crippen LogP contribution in [0.4, 0.5) is 4.39 Å². The van der Waals surface area contributed by atoms with E-state index < -0.39 is 5.91 Å². The lowest BCUT2D eigenvalue weighted by molar-refractivity contribution is -0.117. The van der Waals surface area contributed by atoms with Gasteiger partial charge in [0, 0.05) is 6.42 Å². The van der Waals surface area contributed by atoms with Crippen LogP contribution in [-0.4, -0.2) is 5.91 Å². The second-order valence-corrected chi connectivity index (χ2v) is 3.07. The third-order valence-electron chi connectivity index (χ3n) is 1.86. The number of benzene rings is 1. The molecular formula is C11H12FNO. The summed E-state index contributed by atoms with van der Waals surface area (Å²) in [4.78, 5) is 10.4. The first-order valence-electron chi connectivity index (χ1n) is 4.30. The maximum atomic E-state index is 12.8. The van der Waals surface area contributed by atoms with Gasteiger partial charge in [-0.3, -0.25) is 4.79 Å². The summed E-state index contributed by atoms with van der Waals surface area (Å²) in [6.07, 6.45) is 3.50. The molecule has 0 radical (unpaired) electrons. The highest BCUT2D eigenvalue weighted by Crippen LogP contribution is 2.11. The molecule has 1 aromatic rings. The fourth-order valence-electron chi connectivity index (χ4n) is 1.09. The highest BCUT2D eigenvalue weighted by Gasteiger charge is 1.96. The predicted octanol–water partition coefficient (Wildman–Crippen LogP) is 2.02. The molecule has 14 heavy (non-hydrogen) atoms. The topological polar surface area (TPSA) is 43.1 Å². The van der Waals surface area contributed by atoms with Crippen LogP contribution < -0.4 is 5.73 Å². The largest absolute Gasteiger partial charge is 0.369 e. The number of hydrogen-bond acceptors (Lipinski definition) is 1. The van der Waals surface area contributed by atoms with Crippen molar-refractivity contribution in [3.8, 4) is 0 Å². The molecule has 2 N–H and O–H groups in total. The summed E-state index contributed by atoms with van der Waals surface area (Å²) in [5, 5.41) is 0. The number of halogens is 1. The maximum Gasteiger partial charge on any atom is 0.221 e. The van der Waals surface area contributed by atoms with Crippen LogP contribution >= 0.6 is 0 Å². The van der Waals surface area contributed by atoms with Crippen LogP contribution in [-0.2, 0) is 4.79 Å². The van der Waals surface area contributed by atoms with Gasteiger partial charge in [0.2, 0.25) is 5.91 Å². The lowest BCUT2D eigenvalue weighted by Gasteiger charge is -1.99. The summed E-state index contributed by atoms with van der Waals surface area (Å²) in [5.74, 6) is -0.676.